The summed E-state index contributed by atoms with van der Waals surface area (Å²) in [6.07, 6.45) is 5.03. The van der Waals surface area contributed by atoms with E-state index >= 15 is 0 Å². The molecule has 0 saturated heterocycles. The molecule has 1 aliphatic carbocycles. The first-order valence-electron chi connectivity index (χ1n) is 7.46. The largest absolute Gasteiger partial charge is 0.457 e. The molecule has 1 fully saturated rings. The minimum Gasteiger partial charge on any atom is -0.457 e. The van der Waals surface area contributed by atoms with Crippen molar-refractivity contribution in [1.82, 2.24) is 0 Å². The summed E-state index contributed by atoms with van der Waals surface area (Å²) in [7, 11) is 0. The minimum atomic E-state index is -0.0898. The maximum Gasteiger partial charge on any atom is 0.309 e. The molecule has 0 spiro atoms. The Balaban J connectivity index is 1.93. The van der Waals surface area contributed by atoms with Crippen LogP contribution in [-0.4, -0.2) is 5.97 Å². The Labute approximate surface area is 116 Å². The zero-order valence-electron chi connectivity index (χ0n) is 12.0. The van der Waals surface area contributed by atoms with Crippen LogP contribution in [0.1, 0.15) is 57.6 Å². The fourth-order valence-corrected chi connectivity index (χ4v) is 2.79. The van der Waals surface area contributed by atoms with Gasteiger partial charge in [-0.25, -0.2) is 0 Å². The van der Waals surface area contributed by atoms with Crippen LogP contribution >= 0.6 is 0 Å². The van der Waals surface area contributed by atoms with Gasteiger partial charge in [0.1, 0.15) is 6.10 Å². The second kappa shape index (κ2) is 6.74. The predicted octanol–water partition coefficient (Wildman–Crippen LogP) is 4.51. The van der Waals surface area contributed by atoms with Gasteiger partial charge in [-0.2, -0.15) is 0 Å². The van der Waals surface area contributed by atoms with Crippen LogP contribution in [-0.2, 0) is 9.53 Å². The molecule has 1 atom stereocenters. The quantitative estimate of drug-likeness (QED) is 0.745. The van der Waals surface area contributed by atoms with Crippen molar-refractivity contribution in [1.29, 1.82) is 0 Å². The number of carbonyl (C=O) groups excluding carboxylic acids is 1. The summed E-state index contributed by atoms with van der Waals surface area (Å²) < 4.78 is 5.72. The molecule has 1 aliphatic rings. The van der Waals surface area contributed by atoms with Crippen LogP contribution in [0.5, 0.6) is 0 Å². The molecule has 1 saturated carbocycles. The minimum absolute atomic E-state index is 0.00241. The fraction of sp³-hybridized carbons (Fsp3) is 0.588. The average Bonchev–Trinajstić information content (AvgIpc) is 2.46. The molecule has 0 aliphatic heterocycles. The molecule has 104 valence electrons. The lowest BCUT2D eigenvalue weighted by molar-refractivity contribution is -0.156. The van der Waals surface area contributed by atoms with E-state index in [0.29, 0.717) is 0 Å². The second-order valence-corrected chi connectivity index (χ2v) is 5.70. The lowest BCUT2D eigenvalue weighted by atomic mass is 9.83. The summed E-state index contributed by atoms with van der Waals surface area (Å²) in [5, 5.41) is 0. The van der Waals surface area contributed by atoms with Crippen molar-refractivity contribution in [2.75, 3.05) is 0 Å². The zero-order valence-corrected chi connectivity index (χ0v) is 12.0. The first kappa shape index (κ1) is 14.1. The molecule has 0 aromatic heterocycles. The van der Waals surface area contributed by atoms with E-state index in [1.165, 1.54) is 0 Å². The lowest BCUT2D eigenvalue weighted by Gasteiger charge is -2.26. The maximum atomic E-state index is 12.2. The first-order chi connectivity index (χ1) is 9.20. The standard InChI is InChI=1S/C17H24O2/c1-3-16(14-7-5-4-6-8-14)19-17(18)15-11-9-13(2)10-12-15/h4-8,13,15-16H,3,9-12H2,1-2H3. The van der Waals surface area contributed by atoms with Gasteiger partial charge in [-0.05, 0) is 43.6 Å². The highest BCUT2D eigenvalue weighted by Crippen LogP contribution is 2.31. The van der Waals surface area contributed by atoms with E-state index in [1.54, 1.807) is 0 Å². The van der Waals surface area contributed by atoms with Crippen molar-refractivity contribution >= 4 is 5.97 Å². The molecule has 2 rings (SSSR count). The van der Waals surface area contributed by atoms with Crippen LogP contribution < -0.4 is 0 Å². The number of carbonyl (C=O) groups is 1. The summed E-state index contributed by atoms with van der Waals surface area (Å²) in [5.74, 6) is 0.886. The van der Waals surface area contributed by atoms with Gasteiger partial charge in [0.15, 0.2) is 0 Å². The molecule has 0 heterocycles. The van der Waals surface area contributed by atoms with Crippen LogP contribution in [0.3, 0.4) is 0 Å². The highest BCUT2D eigenvalue weighted by molar-refractivity contribution is 5.72. The number of benzene rings is 1. The van der Waals surface area contributed by atoms with Crippen molar-refractivity contribution in [2.24, 2.45) is 11.8 Å². The predicted molar refractivity (Wildman–Crippen MR) is 76.7 cm³/mol. The summed E-state index contributed by atoms with van der Waals surface area (Å²) in [4.78, 5) is 12.2. The Morgan fingerprint density at radius 2 is 1.84 bits per heavy atom. The van der Waals surface area contributed by atoms with Crippen LogP contribution in [0.25, 0.3) is 0 Å². The van der Waals surface area contributed by atoms with Gasteiger partial charge in [0, 0.05) is 0 Å². The molecule has 1 aromatic rings. The monoisotopic (exact) mass is 260 g/mol. The van der Waals surface area contributed by atoms with Crippen molar-refractivity contribution in [2.45, 2.75) is 52.1 Å². The molecule has 1 unspecified atom stereocenters. The van der Waals surface area contributed by atoms with Crippen molar-refractivity contribution < 1.29 is 9.53 Å². The van der Waals surface area contributed by atoms with Gasteiger partial charge >= 0.3 is 5.97 Å². The van der Waals surface area contributed by atoms with E-state index < -0.39 is 0 Å². The molecule has 2 nitrogen and oxygen atoms in total. The average molecular weight is 260 g/mol. The molecule has 2 heteroatoms. The number of hydrogen-bond acceptors (Lipinski definition) is 2. The van der Waals surface area contributed by atoms with Crippen molar-refractivity contribution in [3.05, 3.63) is 35.9 Å². The highest BCUT2D eigenvalue weighted by atomic mass is 16.5. The van der Waals surface area contributed by atoms with Gasteiger partial charge in [0.25, 0.3) is 0 Å². The van der Waals surface area contributed by atoms with Gasteiger partial charge in [0.2, 0.25) is 0 Å². The molecule has 1 aromatic carbocycles. The lowest BCUT2D eigenvalue weighted by Crippen LogP contribution is -2.24. The molecule has 0 N–H and O–H groups in total. The van der Waals surface area contributed by atoms with Gasteiger partial charge < -0.3 is 4.74 Å². The third-order valence-corrected chi connectivity index (χ3v) is 4.15. The topological polar surface area (TPSA) is 26.3 Å². The van der Waals surface area contributed by atoms with Crippen molar-refractivity contribution in [3.8, 4) is 0 Å². The van der Waals surface area contributed by atoms with Gasteiger partial charge in [-0.3, -0.25) is 4.79 Å². The number of ether oxygens (including phenoxy) is 1. The van der Waals surface area contributed by atoms with E-state index in [1.807, 2.05) is 30.3 Å². The normalized spacial score (nSPS) is 24.7. The van der Waals surface area contributed by atoms with Crippen LogP contribution in [0.2, 0.25) is 0 Å². The van der Waals surface area contributed by atoms with Gasteiger partial charge in [0.05, 0.1) is 5.92 Å². The molecule has 0 amide bonds. The van der Waals surface area contributed by atoms with E-state index in [0.717, 1.165) is 43.6 Å². The van der Waals surface area contributed by atoms with E-state index in [4.69, 9.17) is 4.74 Å². The fourth-order valence-electron chi connectivity index (χ4n) is 2.79. The molecular formula is C17H24O2. The maximum absolute atomic E-state index is 12.2. The molecule has 19 heavy (non-hydrogen) atoms. The molecule has 0 bridgehead atoms. The number of hydrogen-bond donors (Lipinski definition) is 0. The Morgan fingerprint density at radius 1 is 1.21 bits per heavy atom. The summed E-state index contributed by atoms with van der Waals surface area (Å²) in [5.41, 5.74) is 1.10. The first-order valence-corrected chi connectivity index (χ1v) is 7.46. The van der Waals surface area contributed by atoms with Crippen LogP contribution in [0, 0.1) is 11.8 Å². The van der Waals surface area contributed by atoms with Crippen LogP contribution in [0.4, 0.5) is 0 Å². The Morgan fingerprint density at radius 3 is 2.42 bits per heavy atom. The third kappa shape index (κ3) is 3.82. The zero-order chi connectivity index (χ0) is 13.7. The molecular weight excluding hydrogens is 236 g/mol. The smallest absolute Gasteiger partial charge is 0.309 e. The van der Waals surface area contributed by atoms with Gasteiger partial charge in [-0.15, -0.1) is 0 Å². The van der Waals surface area contributed by atoms with E-state index in [2.05, 4.69) is 13.8 Å². The summed E-state index contributed by atoms with van der Waals surface area (Å²) in [6.45, 7) is 4.33. The molecule has 0 radical (unpaired) electrons. The Hall–Kier alpha value is -1.31. The number of rotatable bonds is 4. The second-order valence-electron chi connectivity index (χ2n) is 5.70. The van der Waals surface area contributed by atoms with E-state index in [-0.39, 0.29) is 18.0 Å². The highest BCUT2D eigenvalue weighted by Gasteiger charge is 2.27. The van der Waals surface area contributed by atoms with E-state index in [9.17, 15) is 4.79 Å². The Bertz CT molecular complexity index is 391. The number of esters is 1. The van der Waals surface area contributed by atoms with Crippen molar-refractivity contribution in [3.63, 3.8) is 0 Å². The SMILES string of the molecule is CCC(OC(=O)C1CCC(C)CC1)c1ccccc1. The third-order valence-electron chi connectivity index (χ3n) is 4.15. The Kier molecular flexibility index (Phi) is 5.00. The summed E-state index contributed by atoms with van der Waals surface area (Å²) >= 11 is 0. The van der Waals surface area contributed by atoms with Gasteiger partial charge in [-0.1, -0.05) is 44.2 Å². The summed E-state index contributed by atoms with van der Waals surface area (Å²) in [6, 6.07) is 10.0. The van der Waals surface area contributed by atoms with Crippen LogP contribution in [0.15, 0.2) is 30.3 Å².